The van der Waals surface area contributed by atoms with Gasteiger partial charge in [0.25, 0.3) is 0 Å². The number of aromatic nitrogens is 2. The number of nitrogens with one attached hydrogen (secondary N) is 1. The highest BCUT2D eigenvalue weighted by molar-refractivity contribution is 6.31. The molecule has 0 atom stereocenters. The number of alkyl halides is 2. The van der Waals surface area contributed by atoms with Crippen molar-refractivity contribution in [2.24, 2.45) is 22.5 Å². The van der Waals surface area contributed by atoms with Gasteiger partial charge in [0.05, 0.1) is 17.8 Å². The normalized spacial score (nSPS) is 12.4. The number of carbonyl (C=O) groups is 1. The number of hydrogen-bond acceptors (Lipinski definition) is 5. The van der Waals surface area contributed by atoms with Crippen molar-refractivity contribution in [3.05, 3.63) is 63.8 Å². The van der Waals surface area contributed by atoms with E-state index < -0.39 is 17.7 Å². The summed E-state index contributed by atoms with van der Waals surface area (Å²) >= 11 is 6.24. The van der Waals surface area contributed by atoms with Gasteiger partial charge in [0, 0.05) is 27.1 Å². The molecule has 0 saturated heterocycles. The predicted molar refractivity (Wildman–Crippen MR) is 106 cm³/mol. The maximum atomic E-state index is 14.7. The van der Waals surface area contributed by atoms with Crippen LogP contribution in [0.25, 0.3) is 10.9 Å². The maximum Gasteiger partial charge on any atom is 0.332 e. The molecule has 3 rings (SSSR count). The SMILES string of the molecule is Cc1nn(Cc2c(Cl)cccc2C(N)=O)c2cc(C(F)(F)/C(=N/N)NN)ccc12. The molecule has 0 aliphatic heterocycles. The number of aryl methyl sites for hydroxylation is 1. The fourth-order valence-electron chi connectivity index (χ4n) is 3.10. The van der Waals surface area contributed by atoms with E-state index in [0.717, 1.165) is 0 Å². The molecule has 1 amide bonds. The lowest BCUT2D eigenvalue weighted by Crippen LogP contribution is -2.43. The highest BCUT2D eigenvalue weighted by Gasteiger charge is 2.39. The molecule has 7 N–H and O–H groups in total. The first-order valence-corrected chi connectivity index (χ1v) is 8.76. The van der Waals surface area contributed by atoms with E-state index in [4.69, 9.17) is 29.0 Å². The number of nitrogens with two attached hydrogens (primary N) is 3. The summed E-state index contributed by atoms with van der Waals surface area (Å²) in [4.78, 5) is 11.8. The Bertz CT molecular complexity index is 1130. The van der Waals surface area contributed by atoms with Crippen LogP contribution in [0.4, 0.5) is 8.78 Å². The molecule has 11 heteroatoms. The highest BCUT2D eigenvalue weighted by atomic mass is 35.5. The van der Waals surface area contributed by atoms with Crippen LogP contribution < -0.4 is 22.8 Å². The number of halogens is 3. The van der Waals surface area contributed by atoms with Gasteiger partial charge in [-0.3, -0.25) is 9.48 Å². The second-order valence-electron chi connectivity index (χ2n) is 6.30. The van der Waals surface area contributed by atoms with Crippen molar-refractivity contribution >= 4 is 34.2 Å². The largest absolute Gasteiger partial charge is 0.366 e. The predicted octanol–water partition coefficient (Wildman–Crippen LogP) is 1.97. The molecule has 3 aromatic rings. The number of amides is 1. The van der Waals surface area contributed by atoms with E-state index in [1.165, 1.54) is 22.9 Å². The van der Waals surface area contributed by atoms with E-state index in [0.29, 0.717) is 27.2 Å². The van der Waals surface area contributed by atoms with Crippen molar-refractivity contribution in [3.8, 4) is 0 Å². The molecule has 1 heterocycles. The number of rotatable bonds is 5. The summed E-state index contributed by atoms with van der Waals surface area (Å²) in [6, 6.07) is 8.78. The Labute approximate surface area is 169 Å². The van der Waals surface area contributed by atoms with Gasteiger partial charge in [-0.2, -0.15) is 19.0 Å². The molecule has 0 radical (unpaired) electrons. The van der Waals surface area contributed by atoms with Crippen LogP contribution in [0, 0.1) is 6.92 Å². The van der Waals surface area contributed by atoms with Gasteiger partial charge in [-0.15, -0.1) is 0 Å². The van der Waals surface area contributed by atoms with Gasteiger partial charge < -0.3 is 17.0 Å². The first kappa shape index (κ1) is 20.5. The van der Waals surface area contributed by atoms with Gasteiger partial charge in [-0.25, -0.2) is 5.84 Å². The van der Waals surface area contributed by atoms with Crippen molar-refractivity contribution in [1.82, 2.24) is 15.2 Å². The van der Waals surface area contributed by atoms with Gasteiger partial charge in [0.1, 0.15) is 0 Å². The minimum Gasteiger partial charge on any atom is -0.366 e. The zero-order chi connectivity index (χ0) is 21.3. The summed E-state index contributed by atoms with van der Waals surface area (Å²) in [6.45, 7) is 1.80. The molecule has 152 valence electrons. The smallest absolute Gasteiger partial charge is 0.332 e. The van der Waals surface area contributed by atoms with Crippen molar-refractivity contribution in [3.63, 3.8) is 0 Å². The summed E-state index contributed by atoms with van der Waals surface area (Å²) in [5.74, 6) is 5.02. The van der Waals surface area contributed by atoms with Crippen molar-refractivity contribution in [2.75, 3.05) is 0 Å². The average Bonchev–Trinajstić information content (AvgIpc) is 2.99. The number of hydrazone groups is 1. The Morgan fingerprint density at radius 3 is 2.69 bits per heavy atom. The molecule has 1 aromatic heterocycles. The second-order valence-corrected chi connectivity index (χ2v) is 6.71. The zero-order valence-corrected chi connectivity index (χ0v) is 16.0. The first-order valence-electron chi connectivity index (χ1n) is 8.38. The van der Waals surface area contributed by atoms with Crippen LogP contribution in [0.3, 0.4) is 0 Å². The molecule has 0 unspecified atom stereocenters. The van der Waals surface area contributed by atoms with Crippen LogP contribution in [-0.4, -0.2) is 21.5 Å². The first-order chi connectivity index (χ1) is 13.7. The molecule has 0 saturated carbocycles. The third-order valence-electron chi connectivity index (χ3n) is 4.55. The number of hydrazine groups is 1. The number of nitrogens with zero attached hydrogens (tertiary/aromatic N) is 3. The van der Waals surface area contributed by atoms with E-state index in [-0.39, 0.29) is 17.7 Å². The third-order valence-corrected chi connectivity index (χ3v) is 4.91. The number of fused-ring (bicyclic) bond motifs is 1. The highest BCUT2D eigenvalue weighted by Crippen LogP contribution is 2.32. The monoisotopic (exact) mass is 421 g/mol. The summed E-state index contributed by atoms with van der Waals surface area (Å²) in [5, 5.41) is 8.38. The van der Waals surface area contributed by atoms with Gasteiger partial charge in [0.2, 0.25) is 11.7 Å². The van der Waals surface area contributed by atoms with Crippen LogP contribution in [0.1, 0.15) is 27.2 Å². The van der Waals surface area contributed by atoms with Gasteiger partial charge in [-0.1, -0.05) is 29.8 Å². The molecule has 2 aromatic carbocycles. The fourth-order valence-corrected chi connectivity index (χ4v) is 3.34. The molecule has 0 aliphatic carbocycles. The van der Waals surface area contributed by atoms with Crippen molar-refractivity contribution < 1.29 is 13.6 Å². The van der Waals surface area contributed by atoms with E-state index in [2.05, 4.69) is 10.2 Å². The number of carbonyl (C=O) groups excluding carboxylic acids is 1. The zero-order valence-electron chi connectivity index (χ0n) is 15.3. The second kappa shape index (κ2) is 7.64. The molecular weight excluding hydrogens is 404 g/mol. The summed E-state index contributed by atoms with van der Waals surface area (Å²) < 4.78 is 30.8. The summed E-state index contributed by atoms with van der Waals surface area (Å²) in [6.07, 6.45) is 0. The maximum absolute atomic E-state index is 14.7. The average molecular weight is 422 g/mol. The van der Waals surface area contributed by atoms with Crippen molar-refractivity contribution in [1.29, 1.82) is 0 Å². The van der Waals surface area contributed by atoms with Gasteiger partial charge >= 0.3 is 5.92 Å². The quantitative estimate of drug-likeness (QED) is 0.216. The number of primary amides is 1. The molecule has 29 heavy (non-hydrogen) atoms. The van der Waals surface area contributed by atoms with Crippen LogP contribution in [0.5, 0.6) is 0 Å². The topological polar surface area (TPSA) is 137 Å². The van der Waals surface area contributed by atoms with Gasteiger partial charge in [0.15, 0.2) is 0 Å². The molecule has 0 bridgehead atoms. The Kier molecular flexibility index (Phi) is 5.40. The lowest BCUT2D eigenvalue weighted by Gasteiger charge is -2.18. The molecular formula is C18H18ClF2N7O. The number of amidine groups is 1. The summed E-state index contributed by atoms with van der Waals surface area (Å²) in [7, 11) is 0. The van der Waals surface area contributed by atoms with Crippen molar-refractivity contribution in [2.45, 2.75) is 19.4 Å². The number of hydrogen-bond donors (Lipinski definition) is 4. The lowest BCUT2D eigenvalue weighted by atomic mass is 10.0. The van der Waals surface area contributed by atoms with Crippen LogP contribution in [-0.2, 0) is 12.5 Å². The number of benzene rings is 2. The lowest BCUT2D eigenvalue weighted by molar-refractivity contribution is 0.0714. The minimum atomic E-state index is -3.55. The Morgan fingerprint density at radius 1 is 1.34 bits per heavy atom. The Balaban J connectivity index is 2.15. The van der Waals surface area contributed by atoms with Crippen LogP contribution in [0.15, 0.2) is 41.5 Å². The molecule has 8 nitrogen and oxygen atoms in total. The Morgan fingerprint density at radius 2 is 2.07 bits per heavy atom. The minimum absolute atomic E-state index is 0.0598. The summed E-state index contributed by atoms with van der Waals surface area (Å²) in [5.41, 5.74) is 8.54. The third kappa shape index (κ3) is 3.59. The van der Waals surface area contributed by atoms with E-state index in [1.807, 2.05) is 5.43 Å². The Hall–Kier alpha value is -3.24. The molecule has 0 spiro atoms. The van der Waals surface area contributed by atoms with Gasteiger partial charge in [-0.05, 0) is 25.1 Å². The molecule has 0 fully saturated rings. The molecule has 0 aliphatic rings. The van der Waals surface area contributed by atoms with Crippen LogP contribution in [0.2, 0.25) is 5.02 Å². The van der Waals surface area contributed by atoms with E-state index in [9.17, 15) is 13.6 Å². The van der Waals surface area contributed by atoms with E-state index >= 15 is 0 Å². The fraction of sp³-hybridized carbons (Fsp3) is 0.167. The standard InChI is InChI=1S/C18H18ClF2N7O/c1-9-11-6-5-10(18(20,21)17(25-23)26-24)7-15(11)28(27-9)8-13-12(16(22)29)3-2-4-14(13)19/h2-7H,8,23-24H2,1H3,(H2,22,29)(H,25,26). The van der Waals surface area contributed by atoms with E-state index in [1.54, 1.807) is 25.1 Å². The van der Waals surface area contributed by atoms with Crippen LogP contribution >= 0.6 is 11.6 Å².